The van der Waals surface area contributed by atoms with Crippen LogP contribution in [0.5, 0.6) is 11.5 Å². The van der Waals surface area contributed by atoms with Gasteiger partial charge in [-0.1, -0.05) is 6.92 Å². The second kappa shape index (κ2) is 10.0. The lowest BCUT2D eigenvalue weighted by Gasteiger charge is -2.15. The van der Waals surface area contributed by atoms with Crippen LogP contribution in [0.25, 0.3) is 0 Å². The Bertz CT molecular complexity index is 1060. The molecular formula is C21H18F2N4O2S. The molecule has 2 heterocycles. The van der Waals surface area contributed by atoms with Crippen molar-refractivity contribution in [2.45, 2.75) is 23.5 Å². The third-order valence-corrected chi connectivity index (χ3v) is 5.09. The Kier molecular flexibility index (Phi) is 7.17. The molecule has 0 radical (unpaired) electrons. The zero-order chi connectivity index (χ0) is 21.5. The molecule has 3 aromatic rings. The second-order valence-corrected chi connectivity index (χ2v) is 7.82. The molecule has 1 unspecified atom stereocenters. The van der Waals surface area contributed by atoms with Crippen molar-refractivity contribution in [3.05, 3.63) is 66.0 Å². The summed E-state index contributed by atoms with van der Waals surface area (Å²) >= 11 is 1.48. The Hall–Kier alpha value is -3.22. The Labute approximate surface area is 176 Å². The fraction of sp³-hybridized carbons (Fsp3) is 0.190. The van der Waals surface area contributed by atoms with Gasteiger partial charge < -0.3 is 15.2 Å². The topological polar surface area (TPSA) is 91.1 Å². The number of nitrogens with one attached hydrogen (secondary N) is 1. The van der Waals surface area contributed by atoms with Gasteiger partial charge in [0.1, 0.15) is 17.7 Å². The molecule has 154 valence electrons. The van der Waals surface area contributed by atoms with Gasteiger partial charge in [-0.05, 0) is 36.8 Å². The number of ether oxygens (including phenoxy) is 1. The van der Waals surface area contributed by atoms with Crippen LogP contribution in [-0.2, 0) is 0 Å². The largest absolute Gasteiger partial charge is 0.450 e. The number of nitriles is 1. The van der Waals surface area contributed by atoms with E-state index in [1.807, 2.05) is 13.0 Å². The van der Waals surface area contributed by atoms with Crippen molar-refractivity contribution in [2.24, 2.45) is 0 Å². The number of pyridine rings is 2. The van der Waals surface area contributed by atoms with Gasteiger partial charge in [0.25, 0.3) is 0 Å². The maximum absolute atomic E-state index is 14.1. The van der Waals surface area contributed by atoms with E-state index < -0.39 is 11.6 Å². The molecule has 2 N–H and O–H groups in total. The normalized spacial score (nSPS) is 11.6. The van der Waals surface area contributed by atoms with Gasteiger partial charge in [-0.3, -0.25) is 0 Å². The number of halogens is 2. The highest BCUT2D eigenvalue weighted by atomic mass is 32.2. The number of rotatable bonds is 8. The average molecular weight is 428 g/mol. The fourth-order valence-corrected chi connectivity index (χ4v) is 3.44. The SMILES string of the molecule is CC(CCO)Sc1cnc(Nc2ccc(C#N)cn2)c(Oc2ccc(F)cc2F)c1. The van der Waals surface area contributed by atoms with E-state index in [2.05, 4.69) is 15.3 Å². The first-order chi connectivity index (χ1) is 14.5. The van der Waals surface area contributed by atoms with Crippen LogP contribution in [0.15, 0.2) is 53.7 Å². The number of aliphatic hydroxyl groups excluding tert-OH is 1. The van der Waals surface area contributed by atoms with E-state index in [1.54, 1.807) is 24.4 Å². The zero-order valence-electron chi connectivity index (χ0n) is 16.0. The Morgan fingerprint density at radius 2 is 2.00 bits per heavy atom. The summed E-state index contributed by atoms with van der Waals surface area (Å²) < 4.78 is 33.0. The van der Waals surface area contributed by atoms with Gasteiger partial charge >= 0.3 is 0 Å². The Balaban J connectivity index is 1.92. The summed E-state index contributed by atoms with van der Waals surface area (Å²) in [6.07, 6.45) is 3.63. The van der Waals surface area contributed by atoms with E-state index in [0.717, 1.165) is 17.0 Å². The van der Waals surface area contributed by atoms with Crippen molar-refractivity contribution in [3.63, 3.8) is 0 Å². The van der Waals surface area contributed by atoms with E-state index in [4.69, 9.17) is 15.1 Å². The predicted molar refractivity (Wildman–Crippen MR) is 110 cm³/mol. The minimum absolute atomic E-state index is 0.0652. The van der Waals surface area contributed by atoms with Crippen LogP contribution in [0.3, 0.4) is 0 Å². The summed E-state index contributed by atoms with van der Waals surface area (Å²) in [5.74, 6) is -0.799. The molecular weight excluding hydrogens is 410 g/mol. The molecule has 0 amide bonds. The fourth-order valence-electron chi connectivity index (χ4n) is 2.47. The van der Waals surface area contributed by atoms with Crippen molar-refractivity contribution in [3.8, 4) is 17.6 Å². The second-order valence-electron chi connectivity index (χ2n) is 6.30. The van der Waals surface area contributed by atoms with Gasteiger partial charge in [0.2, 0.25) is 0 Å². The van der Waals surface area contributed by atoms with Crippen LogP contribution in [-0.4, -0.2) is 26.9 Å². The van der Waals surface area contributed by atoms with Crippen LogP contribution < -0.4 is 10.1 Å². The van der Waals surface area contributed by atoms with Crippen LogP contribution in [0.4, 0.5) is 20.4 Å². The van der Waals surface area contributed by atoms with Crippen molar-refractivity contribution >= 4 is 23.4 Å². The molecule has 30 heavy (non-hydrogen) atoms. The first-order valence-corrected chi connectivity index (χ1v) is 9.90. The Morgan fingerprint density at radius 3 is 2.67 bits per heavy atom. The van der Waals surface area contributed by atoms with E-state index in [1.165, 1.54) is 24.0 Å². The van der Waals surface area contributed by atoms with E-state index in [-0.39, 0.29) is 29.2 Å². The number of thioether (sulfide) groups is 1. The van der Waals surface area contributed by atoms with Crippen molar-refractivity contribution in [1.29, 1.82) is 5.26 Å². The van der Waals surface area contributed by atoms with Crippen molar-refractivity contribution in [1.82, 2.24) is 9.97 Å². The monoisotopic (exact) mass is 428 g/mol. The van der Waals surface area contributed by atoms with Gasteiger partial charge in [-0.25, -0.2) is 18.7 Å². The van der Waals surface area contributed by atoms with Crippen LogP contribution in [0.1, 0.15) is 18.9 Å². The number of anilines is 2. The lowest BCUT2D eigenvalue weighted by molar-refractivity contribution is 0.289. The molecule has 0 aliphatic rings. The lowest BCUT2D eigenvalue weighted by atomic mass is 10.3. The molecule has 1 atom stereocenters. The first-order valence-electron chi connectivity index (χ1n) is 9.02. The third kappa shape index (κ3) is 5.65. The van der Waals surface area contributed by atoms with Gasteiger partial charge in [-0.15, -0.1) is 11.8 Å². The quantitative estimate of drug-likeness (QED) is 0.487. The third-order valence-electron chi connectivity index (χ3n) is 3.95. The van der Waals surface area contributed by atoms with Crippen molar-refractivity contribution in [2.75, 3.05) is 11.9 Å². The molecule has 9 heteroatoms. The van der Waals surface area contributed by atoms with Gasteiger partial charge in [0.15, 0.2) is 23.1 Å². The molecule has 0 aliphatic heterocycles. The highest BCUT2D eigenvalue weighted by molar-refractivity contribution is 7.99. The molecule has 2 aromatic heterocycles. The molecule has 0 saturated carbocycles. The maximum atomic E-state index is 14.1. The summed E-state index contributed by atoms with van der Waals surface area (Å²) in [7, 11) is 0. The molecule has 1 aromatic carbocycles. The smallest absolute Gasteiger partial charge is 0.175 e. The van der Waals surface area contributed by atoms with Gasteiger partial charge in [0.05, 0.1) is 5.56 Å². The van der Waals surface area contributed by atoms with E-state index in [9.17, 15) is 8.78 Å². The number of nitrogens with zero attached hydrogens (tertiary/aromatic N) is 3. The molecule has 0 bridgehead atoms. The molecule has 0 spiro atoms. The summed E-state index contributed by atoms with van der Waals surface area (Å²) in [4.78, 5) is 9.24. The Morgan fingerprint density at radius 1 is 1.17 bits per heavy atom. The summed E-state index contributed by atoms with van der Waals surface area (Å²) in [5, 5.41) is 21.1. The van der Waals surface area contributed by atoms with Crippen LogP contribution in [0.2, 0.25) is 0 Å². The first kappa shape index (κ1) is 21.5. The maximum Gasteiger partial charge on any atom is 0.175 e. The van der Waals surface area contributed by atoms with Crippen molar-refractivity contribution < 1.29 is 18.6 Å². The average Bonchev–Trinajstić information content (AvgIpc) is 2.72. The van der Waals surface area contributed by atoms with Crippen LogP contribution in [0, 0.1) is 23.0 Å². The molecule has 6 nitrogen and oxygen atoms in total. The highest BCUT2D eigenvalue weighted by Gasteiger charge is 2.14. The van der Waals surface area contributed by atoms with Crippen LogP contribution >= 0.6 is 11.8 Å². The molecule has 0 saturated heterocycles. The van der Waals surface area contributed by atoms with Gasteiger partial charge in [0, 0.05) is 35.2 Å². The number of hydrogen-bond donors (Lipinski definition) is 2. The summed E-state index contributed by atoms with van der Waals surface area (Å²) in [6, 6.07) is 9.90. The van der Waals surface area contributed by atoms with E-state index in [0.29, 0.717) is 17.8 Å². The number of hydrogen-bond acceptors (Lipinski definition) is 7. The summed E-state index contributed by atoms with van der Waals surface area (Å²) in [5.41, 5.74) is 0.406. The number of aliphatic hydroxyl groups is 1. The molecule has 0 fully saturated rings. The molecule has 0 aliphatic carbocycles. The highest BCUT2D eigenvalue weighted by Crippen LogP contribution is 2.36. The number of aromatic nitrogens is 2. The molecule has 3 rings (SSSR count). The minimum Gasteiger partial charge on any atom is -0.450 e. The minimum atomic E-state index is -0.843. The lowest BCUT2D eigenvalue weighted by Crippen LogP contribution is -2.02. The van der Waals surface area contributed by atoms with Gasteiger partial charge in [-0.2, -0.15) is 5.26 Å². The standard InChI is InChI=1S/C21H18F2N4O2S/c1-13(6-7-28)30-16-9-19(29-18-4-3-15(22)8-17(18)23)21(26-12-16)27-20-5-2-14(10-24)11-25-20/h2-5,8-9,11-13,28H,6-7H2,1H3,(H,25,26,27). The van der Waals surface area contributed by atoms with E-state index >= 15 is 0 Å². The summed E-state index contributed by atoms with van der Waals surface area (Å²) in [6.45, 7) is 2.03. The zero-order valence-corrected chi connectivity index (χ0v) is 16.8. The predicted octanol–water partition coefficient (Wildman–Crippen LogP) is 5.03. The number of benzene rings is 1.